The van der Waals surface area contributed by atoms with Crippen molar-refractivity contribution in [3.63, 3.8) is 0 Å². The molecule has 8 heteroatoms. The van der Waals surface area contributed by atoms with Gasteiger partial charge in [-0.25, -0.2) is 12.8 Å². The van der Waals surface area contributed by atoms with E-state index in [1.54, 1.807) is 12.1 Å². The molecule has 162 valence electrons. The maximum Gasteiger partial charge on any atom is 0.251 e. The van der Waals surface area contributed by atoms with Gasteiger partial charge in [0.1, 0.15) is 21.7 Å². The van der Waals surface area contributed by atoms with E-state index in [0.717, 1.165) is 17.9 Å². The summed E-state index contributed by atoms with van der Waals surface area (Å²) in [6.45, 7) is 6.17. The number of amides is 2. The minimum Gasteiger partial charge on any atom is -0.340 e. The molecule has 0 heterocycles. The van der Waals surface area contributed by atoms with E-state index in [1.165, 1.54) is 18.2 Å². The van der Waals surface area contributed by atoms with Gasteiger partial charge in [0.25, 0.3) is 5.91 Å². The van der Waals surface area contributed by atoms with Gasteiger partial charge < -0.3 is 10.6 Å². The van der Waals surface area contributed by atoms with Gasteiger partial charge in [-0.2, -0.15) is 0 Å². The van der Waals surface area contributed by atoms with Crippen molar-refractivity contribution >= 4 is 27.3 Å². The smallest absolute Gasteiger partial charge is 0.251 e. The lowest BCUT2D eigenvalue weighted by Crippen LogP contribution is -2.44. The fourth-order valence-corrected chi connectivity index (χ4v) is 3.42. The Morgan fingerprint density at radius 2 is 1.70 bits per heavy atom. The zero-order valence-corrected chi connectivity index (χ0v) is 18.3. The average molecular weight is 435 g/mol. The molecule has 0 unspecified atom stereocenters. The number of hydrogen-bond donors (Lipinski definition) is 2. The molecule has 2 aromatic carbocycles. The molecule has 0 aliphatic carbocycles. The van der Waals surface area contributed by atoms with E-state index in [-0.39, 0.29) is 23.3 Å². The maximum absolute atomic E-state index is 13.4. The SMILES string of the molecule is CC(C)(C)c1ccc(C(=O)N[C@H](CCS(C)(=O)=O)C(=O)Nc2cccc(F)c2)cc1. The van der Waals surface area contributed by atoms with Gasteiger partial charge in [-0.15, -0.1) is 0 Å². The number of rotatable bonds is 7. The van der Waals surface area contributed by atoms with Crippen molar-refractivity contribution in [2.24, 2.45) is 0 Å². The van der Waals surface area contributed by atoms with E-state index in [2.05, 4.69) is 31.4 Å². The fourth-order valence-electron chi connectivity index (χ4n) is 2.76. The van der Waals surface area contributed by atoms with Crippen LogP contribution in [-0.2, 0) is 20.0 Å². The van der Waals surface area contributed by atoms with Crippen molar-refractivity contribution < 1.29 is 22.4 Å². The quantitative estimate of drug-likeness (QED) is 0.699. The van der Waals surface area contributed by atoms with Crippen LogP contribution < -0.4 is 10.6 Å². The standard InChI is InChI=1S/C22H27FN2O4S/c1-22(2,3)16-10-8-15(9-11-16)20(26)25-19(12-13-30(4,28)29)21(27)24-18-7-5-6-17(23)14-18/h5-11,14,19H,12-13H2,1-4H3,(H,24,27)(H,25,26)/t19-/m1/s1. The van der Waals surface area contributed by atoms with Gasteiger partial charge in [0.15, 0.2) is 0 Å². The van der Waals surface area contributed by atoms with E-state index in [9.17, 15) is 22.4 Å². The van der Waals surface area contributed by atoms with Crippen LogP contribution in [0.1, 0.15) is 43.1 Å². The van der Waals surface area contributed by atoms with Crippen molar-refractivity contribution in [1.82, 2.24) is 5.32 Å². The molecular formula is C22H27FN2O4S. The Labute approximate surface area is 176 Å². The van der Waals surface area contributed by atoms with Crippen molar-refractivity contribution in [2.75, 3.05) is 17.3 Å². The highest BCUT2D eigenvalue weighted by Gasteiger charge is 2.24. The first-order valence-electron chi connectivity index (χ1n) is 9.51. The van der Waals surface area contributed by atoms with Gasteiger partial charge >= 0.3 is 0 Å². The van der Waals surface area contributed by atoms with Crippen LogP contribution in [-0.4, -0.2) is 38.3 Å². The number of carbonyl (C=O) groups excluding carboxylic acids is 2. The van der Waals surface area contributed by atoms with Crippen molar-refractivity contribution in [2.45, 2.75) is 38.6 Å². The Hall–Kier alpha value is -2.74. The summed E-state index contributed by atoms with van der Waals surface area (Å²) >= 11 is 0. The molecule has 6 nitrogen and oxygen atoms in total. The number of sulfone groups is 1. The zero-order valence-electron chi connectivity index (χ0n) is 17.5. The Kier molecular flexibility index (Phi) is 7.36. The van der Waals surface area contributed by atoms with Gasteiger partial charge in [0.2, 0.25) is 5.91 Å². The number of anilines is 1. The predicted molar refractivity (Wildman–Crippen MR) is 116 cm³/mol. The molecule has 30 heavy (non-hydrogen) atoms. The molecule has 2 aromatic rings. The zero-order chi connectivity index (χ0) is 22.5. The van der Waals surface area contributed by atoms with Gasteiger partial charge in [0.05, 0.1) is 5.75 Å². The molecule has 0 saturated carbocycles. The molecule has 0 fully saturated rings. The molecular weight excluding hydrogens is 407 g/mol. The number of hydrogen-bond acceptors (Lipinski definition) is 4. The lowest BCUT2D eigenvalue weighted by atomic mass is 9.86. The molecule has 0 spiro atoms. The summed E-state index contributed by atoms with van der Waals surface area (Å²) in [5.41, 5.74) is 1.55. The average Bonchev–Trinajstić information content (AvgIpc) is 2.63. The van der Waals surface area contributed by atoms with E-state index < -0.39 is 33.5 Å². The molecule has 2 rings (SSSR count). The van der Waals surface area contributed by atoms with Crippen LogP contribution in [0.2, 0.25) is 0 Å². The summed E-state index contributed by atoms with van der Waals surface area (Å²) in [7, 11) is -3.35. The first kappa shape index (κ1) is 23.5. The lowest BCUT2D eigenvalue weighted by molar-refractivity contribution is -0.118. The van der Waals surface area contributed by atoms with E-state index in [4.69, 9.17) is 0 Å². The molecule has 0 radical (unpaired) electrons. The fraction of sp³-hybridized carbons (Fsp3) is 0.364. The molecule has 0 aliphatic rings. The third-order valence-electron chi connectivity index (χ3n) is 4.50. The summed E-state index contributed by atoms with van der Waals surface area (Å²) in [6.07, 6.45) is 0.952. The van der Waals surface area contributed by atoms with Crippen LogP contribution in [0.25, 0.3) is 0 Å². The number of halogens is 1. The van der Waals surface area contributed by atoms with Gasteiger partial charge in [-0.3, -0.25) is 9.59 Å². The third kappa shape index (κ3) is 7.26. The van der Waals surface area contributed by atoms with Crippen molar-refractivity contribution in [3.8, 4) is 0 Å². The maximum atomic E-state index is 13.4. The second kappa shape index (κ2) is 9.38. The number of nitrogens with one attached hydrogen (secondary N) is 2. The predicted octanol–water partition coefficient (Wildman–Crippen LogP) is 3.30. The monoisotopic (exact) mass is 434 g/mol. The summed E-state index contributed by atoms with van der Waals surface area (Å²) in [6, 6.07) is 11.2. The van der Waals surface area contributed by atoms with Crippen LogP contribution in [0.15, 0.2) is 48.5 Å². The molecule has 0 aromatic heterocycles. The second-order valence-corrected chi connectivity index (χ2v) is 10.5. The summed E-state index contributed by atoms with van der Waals surface area (Å²) in [5, 5.41) is 5.11. The molecule has 2 N–H and O–H groups in total. The first-order valence-corrected chi connectivity index (χ1v) is 11.6. The Morgan fingerprint density at radius 1 is 1.07 bits per heavy atom. The van der Waals surface area contributed by atoms with Crippen LogP contribution >= 0.6 is 0 Å². The van der Waals surface area contributed by atoms with Gasteiger partial charge in [-0.05, 0) is 47.7 Å². The Morgan fingerprint density at radius 3 is 2.23 bits per heavy atom. The largest absolute Gasteiger partial charge is 0.340 e. The minimum atomic E-state index is -3.35. The molecule has 1 atom stereocenters. The first-order chi connectivity index (χ1) is 13.8. The third-order valence-corrected chi connectivity index (χ3v) is 5.48. The number of benzene rings is 2. The highest BCUT2D eigenvalue weighted by molar-refractivity contribution is 7.90. The van der Waals surface area contributed by atoms with Crippen LogP contribution in [0.3, 0.4) is 0 Å². The van der Waals surface area contributed by atoms with Crippen LogP contribution in [0.4, 0.5) is 10.1 Å². The summed E-state index contributed by atoms with van der Waals surface area (Å²) in [5.74, 6) is -1.92. The van der Waals surface area contributed by atoms with Crippen LogP contribution in [0.5, 0.6) is 0 Å². The van der Waals surface area contributed by atoms with Crippen molar-refractivity contribution in [1.29, 1.82) is 0 Å². The highest BCUT2D eigenvalue weighted by Crippen LogP contribution is 2.22. The van der Waals surface area contributed by atoms with Gasteiger partial charge in [0, 0.05) is 17.5 Å². The minimum absolute atomic E-state index is 0.0716. The molecule has 0 aliphatic heterocycles. The Balaban J connectivity index is 2.17. The summed E-state index contributed by atoms with van der Waals surface area (Å²) < 4.78 is 36.5. The highest BCUT2D eigenvalue weighted by atomic mass is 32.2. The second-order valence-electron chi connectivity index (χ2n) is 8.27. The summed E-state index contributed by atoms with van der Waals surface area (Å²) in [4.78, 5) is 25.3. The van der Waals surface area contributed by atoms with E-state index >= 15 is 0 Å². The van der Waals surface area contributed by atoms with Gasteiger partial charge in [-0.1, -0.05) is 39.0 Å². The van der Waals surface area contributed by atoms with Crippen molar-refractivity contribution in [3.05, 3.63) is 65.5 Å². The number of carbonyl (C=O) groups is 2. The van der Waals surface area contributed by atoms with Crippen LogP contribution in [0, 0.1) is 5.82 Å². The molecule has 0 bridgehead atoms. The van der Waals surface area contributed by atoms with E-state index in [1.807, 2.05) is 12.1 Å². The molecule has 0 saturated heterocycles. The lowest BCUT2D eigenvalue weighted by Gasteiger charge is -2.20. The van der Waals surface area contributed by atoms with E-state index in [0.29, 0.717) is 5.56 Å². The Bertz CT molecular complexity index is 1010. The normalized spacial score (nSPS) is 12.8. The topological polar surface area (TPSA) is 92.3 Å². The molecule has 2 amide bonds.